The Bertz CT molecular complexity index is 1290. The smallest absolute Gasteiger partial charge is 0.433 e. The molecule has 1 N–H and O–H groups in total. The molecule has 1 fully saturated rings. The van der Waals surface area contributed by atoms with Gasteiger partial charge in [0.2, 0.25) is 0 Å². The van der Waals surface area contributed by atoms with E-state index in [1.165, 1.54) is 13.2 Å². The van der Waals surface area contributed by atoms with E-state index in [9.17, 15) is 22.8 Å². The SMILES string of the molecule is COc1cc2nn(C3CCC(C=O)CC3)cc2cc1NC(=O)c1nc(C(F)(F)F)ccc1C(C)(C)C. The van der Waals surface area contributed by atoms with E-state index in [0.29, 0.717) is 22.5 Å². The molecule has 10 heteroatoms. The van der Waals surface area contributed by atoms with Crippen LogP contribution in [0.4, 0.5) is 18.9 Å². The quantitative estimate of drug-likeness (QED) is 0.437. The molecule has 36 heavy (non-hydrogen) atoms. The molecule has 1 saturated carbocycles. The first kappa shape index (κ1) is 25.7. The van der Waals surface area contributed by atoms with Crippen molar-refractivity contribution in [3.05, 3.63) is 47.4 Å². The van der Waals surface area contributed by atoms with Gasteiger partial charge in [0, 0.05) is 23.6 Å². The summed E-state index contributed by atoms with van der Waals surface area (Å²) in [6, 6.07) is 5.73. The van der Waals surface area contributed by atoms with Crippen LogP contribution in [0.5, 0.6) is 5.75 Å². The second kappa shape index (κ2) is 9.55. The van der Waals surface area contributed by atoms with Crippen LogP contribution in [0.1, 0.15) is 74.2 Å². The van der Waals surface area contributed by atoms with Gasteiger partial charge in [-0.1, -0.05) is 26.8 Å². The Morgan fingerprint density at radius 3 is 2.42 bits per heavy atom. The molecule has 0 spiro atoms. The van der Waals surface area contributed by atoms with Gasteiger partial charge in [-0.15, -0.1) is 0 Å². The third kappa shape index (κ3) is 5.22. The maximum atomic E-state index is 13.3. The summed E-state index contributed by atoms with van der Waals surface area (Å²) < 4.78 is 47.3. The number of halogens is 3. The van der Waals surface area contributed by atoms with Gasteiger partial charge in [0.25, 0.3) is 5.91 Å². The number of hydrogen-bond acceptors (Lipinski definition) is 5. The number of aromatic nitrogens is 3. The molecule has 2 aromatic heterocycles. The van der Waals surface area contributed by atoms with Crippen LogP contribution in [-0.2, 0) is 16.4 Å². The molecular weight excluding hydrogens is 473 g/mol. The number of rotatable bonds is 5. The number of fused-ring (bicyclic) bond motifs is 1. The number of benzene rings is 1. The number of carbonyl (C=O) groups excluding carboxylic acids is 2. The van der Waals surface area contributed by atoms with Crippen LogP contribution < -0.4 is 10.1 Å². The molecule has 0 unspecified atom stereocenters. The van der Waals surface area contributed by atoms with Crippen LogP contribution in [0.25, 0.3) is 10.9 Å². The van der Waals surface area contributed by atoms with E-state index in [0.717, 1.165) is 43.4 Å². The highest BCUT2D eigenvalue weighted by atomic mass is 19.4. The summed E-state index contributed by atoms with van der Waals surface area (Å²) in [4.78, 5) is 28.0. The molecule has 0 saturated heterocycles. The van der Waals surface area contributed by atoms with Gasteiger partial charge in [-0.25, -0.2) is 4.98 Å². The van der Waals surface area contributed by atoms with E-state index < -0.39 is 23.2 Å². The Labute approximate surface area is 207 Å². The molecular formula is C26H29F3N4O3. The summed E-state index contributed by atoms with van der Waals surface area (Å²) in [6.07, 6.45) is 1.52. The Hall–Kier alpha value is -3.43. The Kier molecular flexibility index (Phi) is 6.81. The fourth-order valence-corrected chi connectivity index (χ4v) is 4.60. The van der Waals surface area contributed by atoms with Crippen LogP contribution in [-0.4, -0.2) is 34.1 Å². The van der Waals surface area contributed by atoms with Gasteiger partial charge in [-0.2, -0.15) is 18.3 Å². The van der Waals surface area contributed by atoms with Gasteiger partial charge in [-0.05, 0) is 48.8 Å². The Morgan fingerprint density at radius 1 is 1.14 bits per heavy atom. The fraction of sp³-hybridized carbons (Fsp3) is 0.462. The monoisotopic (exact) mass is 502 g/mol. The summed E-state index contributed by atoms with van der Waals surface area (Å²) in [5, 5.41) is 8.10. The maximum absolute atomic E-state index is 13.3. The molecule has 0 radical (unpaired) electrons. The molecule has 192 valence electrons. The molecule has 0 bridgehead atoms. The minimum Gasteiger partial charge on any atom is -0.494 e. The average molecular weight is 503 g/mol. The van der Waals surface area contributed by atoms with Crippen molar-refractivity contribution in [1.82, 2.24) is 14.8 Å². The van der Waals surface area contributed by atoms with Gasteiger partial charge in [0.05, 0.1) is 24.4 Å². The van der Waals surface area contributed by atoms with Crippen LogP contribution in [0.2, 0.25) is 0 Å². The summed E-state index contributed by atoms with van der Waals surface area (Å²) in [5.74, 6) is -0.339. The minimum absolute atomic E-state index is 0.0931. The third-order valence-corrected chi connectivity index (χ3v) is 6.61. The van der Waals surface area contributed by atoms with Gasteiger partial charge >= 0.3 is 6.18 Å². The number of methoxy groups -OCH3 is 1. The first-order valence-electron chi connectivity index (χ1n) is 11.8. The van der Waals surface area contributed by atoms with Gasteiger partial charge in [-0.3, -0.25) is 9.48 Å². The summed E-state index contributed by atoms with van der Waals surface area (Å²) in [7, 11) is 1.44. The lowest BCUT2D eigenvalue weighted by Crippen LogP contribution is -2.24. The highest BCUT2D eigenvalue weighted by molar-refractivity contribution is 6.06. The van der Waals surface area contributed by atoms with Crippen LogP contribution >= 0.6 is 0 Å². The number of ether oxygens (including phenoxy) is 1. The Balaban J connectivity index is 1.67. The summed E-state index contributed by atoms with van der Waals surface area (Å²) >= 11 is 0. The predicted molar refractivity (Wildman–Crippen MR) is 129 cm³/mol. The highest BCUT2D eigenvalue weighted by Crippen LogP contribution is 2.36. The number of hydrogen-bond donors (Lipinski definition) is 1. The molecule has 1 aliphatic rings. The first-order valence-corrected chi connectivity index (χ1v) is 11.8. The van der Waals surface area contributed by atoms with Crippen molar-refractivity contribution in [1.29, 1.82) is 0 Å². The van der Waals surface area contributed by atoms with E-state index in [4.69, 9.17) is 4.74 Å². The highest BCUT2D eigenvalue weighted by Gasteiger charge is 2.35. The van der Waals surface area contributed by atoms with Crippen molar-refractivity contribution in [2.24, 2.45) is 5.92 Å². The zero-order valence-corrected chi connectivity index (χ0v) is 20.6. The standard InChI is InChI=1S/C26H29F3N4O3/c1-25(2,3)18-9-10-22(26(27,28)29)31-23(18)24(35)30-20-11-16-13-33(32-19(16)12-21(20)36-4)17-7-5-15(14-34)6-8-17/h9-15,17H,5-8H2,1-4H3,(H,30,35). The van der Waals surface area contributed by atoms with Gasteiger partial charge in [0.1, 0.15) is 23.4 Å². The van der Waals surface area contributed by atoms with E-state index >= 15 is 0 Å². The molecule has 0 atom stereocenters. The molecule has 3 aromatic rings. The molecule has 2 heterocycles. The summed E-state index contributed by atoms with van der Waals surface area (Å²) in [5.41, 5.74) is -0.669. The largest absolute Gasteiger partial charge is 0.494 e. The fourth-order valence-electron chi connectivity index (χ4n) is 4.60. The van der Waals surface area contributed by atoms with E-state index in [-0.39, 0.29) is 17.7 Å². The van der Waals surface area contributed by atoms with Crippen molar-refractivity contribution in [2.45, 2.75) is 64.1 Å². The second-order valence-corrected chi connectivity index (χ2v) is 10.2. The molecule has 0 aliphatic heterocycles. The lowest BCUT2D eigenvalue weighted by molar-refractivity contribution is -0.141. The van der Waals surface area contributed by atoms with Crippen LogP contribution in [0.15, 0.2) is 30.5 Å². The number of alkyl halides is 3. The topological polar surface area (TPSA) is 86.1 Å². The van der Waals surface area contributed by atoms with Crippen molar-refractivity contribution < 1.29 is 27.5 Å². The lowest BCUT2D eigenvalue weighted by atomic mass is 9.85. The van der Waals surface area contributed by atoms with Gasteiger partial charge < -0.3 is 14.8 Å². The normalized spacial score (nSPS) is 18.8. The number of nitrogens with one attached hydrogen (secondary N) is 1. The predicted octanol–water partition coefficient (Wildman–Crippen LogP) is 5.94. The molecule has 1 amide bonds. The minimum atomic E-state index is -4.68. The van der Waals surface area contributed by atoms with Crippen molar-refractivity contribution in [3.8, 4) is 5.75 Å². The molecule has 1 aromatic carbocycles. The molecule has 7 nitrogen and oxygen atoms in total. The number of aldehydes is 1. The zero-order valence-electron chi connectivity index (χ0n) is 20.6. The van der Waals surface area contributed by atoms with E-state index in [1.54, 1.807) is 32.9 Å². The third-order valence-electron chi connectivity index (χ3n) is 6.61. The van der Waals surface area contributed by atoms with Crippen LogP contribution in [0.3, 0.4) is 0 Å². The number of carbonyl (C=O) groups is 2. The van der Waals surface area contributed by atoms with E-state index in [1.807, 2.05) is 10.9 Å². The second-order valence-electron chi connectivity index (χ2n) is 10.2. The lowest BCUT2D eigenvalue weighted by Gasteiger charge is -2.25. The maximum Gasteiger partial charge on any atom is 0.433 e. The first-order chi connectivity index (χ1) is 16.9. The zero-order chi connectivity index (χ0) is 26.3. The van der Waals surface area contributed by atoms with Crippen molar-refractivity contribution >= 4 is 28.8 Å². The average Bonchev–Trinajstić information content (AvgIpc) is 3.25. The van der Waals surface area contributed by atoms with E-state index in [2.05, 4.69) is 15.4 Å². The number of pyridine rings is 1. The molecule has 4 rings (SSSR count). The van der Waals surface area contributed by atoms with Crippen molar-refractivity contribution in [3.63, 3.8) is 0 Å². The number of amides is 1. The van der Waals surface area contributed by atoms with Crippen molar-refractivity contribution in [2.75, 3.05) is 12.4 Å². The number of anilines is 1. The van der Waals surface area contributed by atoms with Gasteiger partial charge in [0.15, 0.2) is 0 Å². The summed E-state index contributed by atoms with van der Waals surface area (Å²) in [6.45, 7) is 5.41. The van der Waals surface area contributed by atoms with Crippen LogP contribution in [0, 0.1) is 5.92 Å². The Morgan fingerprint density at radius 2 is 1.83 bits per heavy atom. The number of nitrogens with zero attached hydrogens (tertiary/aromatic N) is 3. The molecule has 1 aliphatic carbocycles.